The van der Waals surface area contributed by atoms with Gasteiger partial charge in [0.1, 0.15) is 6.04 Å². The van der Waals surface area contributed by atoms with E-state index < -0.39 is 32.0 Å². The molecule has 1 aliphatic rings. The van der Waals surface area contributed by atoms with Crippen LogP contribution in [0.15, 0.2) is 94.9 Å². The van der Waals surface area contributed by atoms with Gasteiger partial charge >= 0.3 is 0 Å². The summed E-state index contributed by atoms with van der Waals surface area (Å²) in [7, 11) is -5.50. The quantitative estimate of drug-likeness (QED) is 0.280. The number of carbonyl (C=O) groups excluding carboxylic acids is 1. The number of amides is 1. The summed E-state index contributed by atoms with van der Waals surface area (Å²) in [4.78, 5) is 17.9. The van der Waals surface area contributed by atoms with Crippen molar-refractivity contribution in [1.82, 2.24) is 18.9 Å². The van der Waals surface area contributed by atoms with Crippen molar-refractivity contribution in [3.63, 3.8) is 0 Å². The van der Waals surface area contributed by atoms with Crippen LogP contribution in [0.3, 0.4) is 0 Å². The van der Waals surface area contributed by atoms with Gasteiger partial charge in [-0.1, -0.05) is 43.3 Å². The van der Waals surface area contributed by atoms with Gasteiger partial charge in [0.15, 0.2) is 11.5 Å². The fourth-order valence-electron chi connectivity index (χ4n) is 5.21. The first kappa shape index (κ1) is 31.4. The number of pyridine rings is 1. The molecule has 1 aliphatic heterocycles. The summed E-state index contributed by atoms with van der Waals surface area (Å²) in [5.74, 6) is -0.0677. The Kier molecular flexibility index (Phi) is 9.20. The number of piperazine rings is 1. The van der Waals surface area contributed by atoms with Gasteiger partial charge in [-0.25, -0.2) is 16.8 Å². The molecule has 0 saturated carbocycles. The number of sulfonamides is 2. The molecule has 0 aliphatic carbocycles. The minimum Gasteiger partial charge on any atom is -0.493 e. The molecule has 1 aromatic heterocycles. The maximum Gasteiger partial charge on any atom is 0.243 e. The van der Waals surface area contributed by atoms with E-state index in [1.807, 2.05) is 37.3 Å². The van der Waals surface area contributed by atoms with E-state index in [4.69, 9.17) is 9.47 Å². The predicted molar refractivity (Wildman–Crippen MR) is 166 cm³/mol. The Hall–Kier alpha value is -4.04. The van der Waals surface area contributed by atoms with Gasteiger partial charge in [-0.05, 0) is 47.9 Å². The lowest BCUT2D eigenvalue weighted by atomic mass is 10.0. The van der Waals surface area contributed by atoms with Crippen molar-refractivity contribution in [2.45, 2.75) is 28.7 Å². The molecule has 3 aromatic carbocycles. The van der Waals surface area contributed by atoms with E-state index in [-0.39, 0.29) is 47.6 Å². The molecule has 1 amide bonds. The van der Waals surface area contributed by atoms with Crippen molar-refractivity contribution in [3.8, 4) is 11.5 Å². The molecule has 1 saturated heterocycles. The summed E-state index contributed by atoms with van der Waals surface area (Å²) in [5, 5.41) is 3.49. The van der Waals surface area contributed by atoms with E-state index in [1.54, 1.807) is 24.4 Å². The highest BCUT2D eigenvalue weighted by molar-refractivity contribution is 7.89. The second-order valence-electron chi connectivity index (χ2n) is 10.4. The first-order valence-corrected chi connectivity index (χ1v) is 16.9. The van der Waals surface area contributed by atoms with E-state index in [2.05, 4.69) is 10.3 Å². The number of aromatic nitrogens is 1. The van der Waals surface area contributed by atoms with Gasteiger partial charge in [-0.2, -0.15) is 8.61 Å². The van der Waals surface area contributed by atoms with Crippen molar-refractivity contribution in [2.75, 3.05) is 40.4 Å². The third-order valence-electron chi connectivity index (χ3n) is 7.72. The molecule has 4 aromatic rings. The summed E-state index contributed by atoms with van der Waals surface area (Å²) in [5.41, 5.74) is 1.63. The molecule has 2 unspecified atom stereocenters. The molecule has 5 rings (SSSR count). The Bertz CT molecular complexity index is 1870. The number of hydrogen-bond acceptors (Lipinski definition) is 8. The highest BCUT2D eigenvalue weighted by Gasteiger charge is 2.43. The molecule has 2 atom stereocenters. The summed E-state index contributed by atoms with van der Waals surface area (Å²) in [6, 6.07) is 20.5. The van der Waals surface area contributed by atoms with Crippen LogP contribution in [0.5, 0.6) is 11.5 Å². The van der Waals surface area contributed by atoms with Crippen LogP contribution in [0.4, 0.5) is 0 Å². The van der Waals surface area contributed by atoms with Crippen LogP contribution in [-0.2, 0) is 24.8 Å². The summed E-state index contributed by atoms with van der Waals surface area (Å²) >= 11 is 0. The molecule has 1 N–H and O–H groups in total. The zero-order chi connectivity index (χ0) is 31.5. The van der Waals surface area contributed by atoms with Crippen molar-refractivity contribution >= 4 is 36.9 Å². The number of ether oxygens (including phenoxy) is 2. The number of fused-ring (bicyclic) bond motifs is 1. The minimum atomic E-state index is -4.20. The predicted octanol–water partition coefficient (Wildman–Crippen LogP) is 3.24. The third kappa shape index (κ3) is 6.27. The average molecular weight is 639 g/mol. The topological polar surface area (TPSA) is 135 Å². The standard InChI is InChI=1S/C31H34N4O7S2/c1-22(23-8-5-4-6-9-23)20-33-31(36)28-21-34(43(37,38)26-12-14-29(41-2)30(19-26)42-3)16-17-35(28)44(39,40)25-11-13-27-24(18-25)10-7-15-32-27/h4-15,18-19,22,28H,16-17,20-21H2,1-3H3,(H,33,36). The smallest absolute Gasteiger partial charge is 0.243 e. The molecule has 44 heavy (non-hydrogen) atoms. The molecular weight excluding hydrogens is 604 g/mol. The van der Waals surface area contributed by atoms with Gasteiger partial charge < -0.3 is 14.8 Å². The van der Waals surface area contributed by atoms with E-state index in [9.17, 15) is 21.6 Å². The van der Waals surface area contributed by atoms with Gasteiger partial charge in [0.25, 0.3) is 0 Å². The SMILES string of the molecule is COc1ccc(S(=O)(=O)N2CCN(S(=O)(=O)c3ccc4ncccc4c3)C(C(=O)NCC(C)c3ccccc3)C2)cc1OC. The largest absolute Gasteiger partial charge is 0.493 e. The van der Waals surface area contributed by atoms with Gasteiger partial charge in [0, 0.05) is 43.8 Å². The van der Waals surface area contributed by atoms with Gasteiger partial charge in [-0.15, -0.1) is 0 Å². The molecule has 0 spiro atoms. The van der Waals surface area contributed by atoms with Gasteiger partial charge in [0.2, 0.25) is 26.0 Å². The maximum absolute atomic E-state index is 14.0. The first-order chi connectivity index (χ1) is 21.1. The molecule has 2 heterocycles. The Morgan fingerprint density at radius 1 is 0.886 bits per heavy atom. The van der Waals surface area contributed by atoms with Crippen molar-refractivity contribution in [1.29, 1.82) is 0 Å². The second kappa shape index (κ2) is 12.9. The normalized spacial score (nSPS) is 17.2. The lowest BCUT2D eigenvalue weighted by Crippen LogP contribution is -2.61. The molecule has 0 radical (unpaired) electrons. The third-order valence-corrected chi connectivity index (χ3v) is 11.5. The Morgan fingerprint density at radius 2 is 1.59 bits per heavy atom. The average Bonchev–Trinajstić information content (AvgIpc) is 3.06. The lowest BCUT2D eigenvalue weighted by molar-refractivity contribution is -0.125. The lowest BCUT2D eigenvalue weighted by Gasteiger charge is -2.39. The Morgan fingerprint density at radius 3 is 2.32 bits per heavy atom. The van der Waals surface area contributed by atoms with Crippen LogP contribution in [0.25, 0.3) is 10.9 Å². The summed E-state index contributed by atoms with van der Waals surface area (Å²) in [6.07, 6.45) is 1.62. The molecule has 1 fully saturated rings. The van der Waals surface area contributed by atoms with E-state index in [1.165, 1.54) is 44.6 Å². The number of nitrogens with zero attached hydrogens (tertiary/aromatic N) is 3. The first-order valence-electron chi connectivity index (χ1n) is 14.0. The van der Waals surface area contributed by atoms with E-state index in [0.717, 1.165) is 14.2 Å². The zero-order valence-electron chi connectivity index (χ0n) is 24.6. The number of methoxy groups -OCH3 is 2. The number of hydrogen-bond donors (Lipinski definition) is 1. The molecule has 0 bridgehead atoms. The molecule has 11 nitrogen and oxygen atoms in total. The van der Waals surface area contributed by atoms with Crippen molar-refractivity contribution in [3.05, 3.63) is 90.6 Å². The summed E-state index contributed by atoms with van der Waals surface area (Å²) < 4.78 is 68.3. The molecule has 13 heteroatoms. The maximum atomic E-state index is 14.0. The van der Waals surface area contributed by atoms with Crippen LogP contribution in [0, 0.1) is 0 Å². The number of rotatable bonds is 10. The van der Waals surface area contributed by atoms with Gasteiger partial charge in [-0.3, -0.25) is 9.78 Å². The van der Waals surface area contributed by atoms with Crippen LogP contribution in [-0.4, -0.2) is 82.8 Å². The number of benzene rings is 3. The summed E-state index contributed by atoms with van der Waals surface area (Å²) in [6.45, 7) is 1.41. The number of nitrogens with one attached hydrogen (secondary N) is 1. The minimum absolute atomic E-state index is 0.00958. The van der Waals surface area contributed by atoms with Crippen LogP contribution >= 0.6 is 0 Å². The van der Waals surface area contributed by atoms with Crippen molar-refractivity contribution < 1.29 is 31.1 Å². The molecule has 232 valence electrons. The molecular formula is C31H34N4O7S2. The highest BCUT2D eigenvalue weighted by Crippen LogP contribution is 2.32. The zero-order valence-corrected chi connectivity index (χ0v) is 26.2. The van der Waals surface area contributed by atoms with Crippen LogP contribution < -0.4 is 14.8 Å². The number of carbonyl (C=O) groups is 1. The fourth-order valence-corrected chi connectivity index (χ4v) is 8.27. The van der Waals surface area contributed by atoms with Crippen molar-refractivity contribution in [2.24, 2.45) is 0 Å². The highest BCUT2D eigenvalue weighted by atomic mass is 32.2. The fraction of sp³-hybridized carbons (Fsp3) is 0.290. The van der Waals surface area contributed by atoms with Crippen LogP contribution in [0.2, 0.25) is 0 Å². The van der Waals surface area contributed by atoms with Crippen LogP contribution in [0.1, 0.15) is 18.4 Å². The monoisotopic (exact) mass is 638 g/mol. The second-order valence-corrected chi connectivity index (χ2v) is 14.3. The Balaban J connectivity index is 1.46. The van der Waals surface area contributed by atoms with E-state index >= 15 is 0 Å². The Labute approximate surface area is 257 Å². The van der Waals surface area contributed by atoms with E-state index in [0.29, 0.717) is 16.7 Å². The van der Waals surface area contributed by atoms with Gasteiger partial charge in [0.05, 0.1) is 29.5 Å².